The summed E-state index contributed by atoms with van der Waals surface area (Å²) in [7, 11) is 0. The van der Waals surface area contributed by atoms with Crippen molar-refractivity contribution < 1.29 is 22.4 Å². The predicted octanol–water partition coefficient (Wildman–Crippen LogP) is 3.95. The molecule has 1 atom stereocenters. The molecule has 1 heterocycles. The van der Waals surface area contributed by atoms with Gasteiger partial charge in [-0.05, 0) is 35.9 Å². The van der Waals surface area contributed by atoms with Crippen molar-refractivity contribution in [3.05, 3.63) is 59.4 Å². The van der Waals surface area contributed by atoms with Crippen molar-refractivity contribution in [3.8, 4) is 0 Å². The standard InChI is InChI=1S/C15H10F4N2O/c16-10-5-6-11-12(7-10)21-14(22)13(20-11)8-1-3-9(4-2-8)15(17,18)19/h1-7,13,20H,(H,21,22). The normalized spacial score (nSPS) is 17.5. The number of benzene rings is 2. The van der Waals surface area contributed by atoms with Gasteiger partial charge in [0.2, 0.25) is 0 Å². The second-order valence-electron chi connectivity index (χ2n) is 4.88. The van der Waals surface area contributed by atoms with Crippen LogP contribution < -0.4 is 10.6 Å². The van der Waals surface area contributed by atoms with Crippen molar-refractivity contribution >= 4 is 17.3 Å². The molecule has 0 fully saturated rings. The highest BCUT2D eigenvalue weighted by molar-refractivity contribution is 6.03. The highest BCUT2D eigenvalue weighted by Gasteiger charge is 2.32. The third-order valence-electron chi connectivity index (χ3n) is 3.37. The van der Waals surface area contributed by atoms with Crippen LogP contribution in [0.1, 0.15) is 17.2 Å². The molecule has 1 amide bonds. The lowest BCUT2D eigenvalue weighted by atomic mass is 10.0. The summed E-state index contributed by atoms with van der Waals surface area (Å²) in [5.41, 5.74) is 0.412. The number of alkyl halides is 3. The molecule has 0 saturated heterocycles. The SMILES string of the molecule is O=C1Nc2cc(F)ccc2NC1c1ccc(C(F)(F)F)cc1. The zero-order valence-electron chi connectivity index (χ0n) is 11.0. The van der Waals surface area contributed by atoms with Gasteiger partial charge < -0.3 is 10.6 Å². The lowest BCUT2D eigenvalue weighted by Crippen LogP contribution is -2.32. The van der Waals surface area contributed by atoms with Gasteiger partial charge in [-0.25, -0.2) is 4.39 Å². The van der Waals surface area contributed by atoms with Crippen molar-refractivity contribution in [1.82, 2.24) is 0 Å². The molecule has 0 aromatic heterocycles. The molecule has 0 spiro atoms. The van der Waals surface area contributed by atoms with Crippen LogP contribution in [0.3, 0.4) is 0 Å². The summed E-state index contributed by atoms with van der Waals surface area (Å²) in [6.45, 7) is 0. The molecule has 1 aliphatic heterocycles. The van der Waals surface area contributed by atoms with Crippen LogP contribution in [-0.2, 0) is 11.0 Å². The predicted molar refractivity (Wildman–Crippen MR) is 72.8 cm³/mol. The van der Waals surface area contributed by atoms with E-state index >= 15 is 0 Å². The first kappa shape index (κ1) is 14.4. The zero-order valence-corrected chi connectivity index (χ0v) is 11.0. The first-order chi connectivity index (χ1) is 10.3. The number of fused-ring (bicyclic) bond motifs is 1. The molecule has 0 aliphatic carbocycles. The maximum Gasteiger partial charge on any atom is 0.416 e. The van der Waals surface area contributed by atoms with Gasteiger partial charge in [0.15, 0.2) is 0 Å². The summed E-state index contributed by atoms with van der Waals surface area (Å²) in [5.74, 6) is -0.952. The maximum atomic E-state index is 13.1. The first-order valence-corrected chi connectivity index (χ1v) is 6.39. The van der Waals surface area contributed by atoms with Gasteiger partial charge in [0.25, 0.3) is 5.91 Å². The summed E-state index contributed by atoms with van der Waals surface area (Å²) in [5, 5.41) is 5.42. The number of halogens is 4. The summed E-state index contributed by atoms with van der Waals surface area (Å²) < 4.78 is 50.7. The molecule has 114 valence electrons. The summed E-state index contributed by atoms with van der Waals surface area (Å²) >= 11 is 0. The van der Waals surface area contributed by atoms with E-state index in [1.54, 1.807) is 0 Å². The number of carbonyl (C=O) groups excluding carboxylic acids is 1. The Kier molecular flexibility index (Phi) is 3.27. The quantitative estimate of drug-likeness (QED) is 0.783. The first-order valence-electron chi connectivity index (χ1n) is 6.39. The van der Waals surface area contributed by atoms with Gasteiger partial charge in [0, 0.05) is 0 Å². The van der Waals surface area contributed by atoms with E-state index in [0.29, 0.717) is 16.9 Å². The molecule has 0 saturated carbocycles. The van der Waals surface area contributed by atoms with E-state index in [2.05, 4.69) is 10.6 Å². The van der Waals surface area contributed by atoms with Crippen molar-refractivity contribution in [3.63, 3.8) is 0 Å². The molecule has 1 unspecified atom stereocenters. The molecule has 2 N–H and O–H groups in total. The van der Waals surface area contributed by atoms with E-state index in [1.165, 1.54) is 30.3 Å². The van der Waals surface area contributed by atoms with Crippen LogP contribution in [0.2, 0.25) is 0 Å². The minimum atomic E-state index is -4.43. The van der Waals surface area contributed by atoms with Crippen LogP contribution in [0.5, 0.6) is 0 Å². The summed E-state index contributed by atoms with van der Waals surface area (Å²) in [4.78, 5) is 12.0. The van der Waals surface area contributed by atoms with Crippen molar-refractivity contribution in [2.24, 2.45) is 0 Å². The van der Waals surface area contributed by atoms with E-state index in [1.807, 2.05) is 0 Å². The molecule has 22 heavy (non-hydrogen) atoms. The average molecular weight is 310 g/mol. The Morgan fingerprint density at radius 3 is 2.27 bits per heavy atom. The second kappa shape index (κ2) is 5.01. The Labute approximate surface area is 123 Å². The Morgan fingerprint density at radius 1 is 0.955 bits per heavy atom. The molecule has 2 aromatic carbocycles. The molecular weight excluding hydrogens is 300 g/mol. The van der Waals surface area contributed by atoms with Gasteiger partial charge in [-0.15, -0.1) is 0 Å². The molecule has 0 bridgehead atoms. The molecule has 3 nitrogen and oxygen atoms in total. The summed E-state index contributed by atoms with van der Waals surface area (Å²) in [6, 6.07) is 7.36. The Balaban J connectivity index is 1.89. The monoisotopic (exact) mass is 310 g/mol. The van der Waals surface area contributed by atoms with E-state index in [9.17, 15) is 22.4 Å². The number of rotatable bonds is 1. The maximum absolute atomic E-state index is 13.1. The Hall–Kier alpha value is -2.57. The molecule has 7 heteroatoms. The lowest BCUT2D eigenvalue weighted by Gasteiger charge is -2.27. The Morgan fingerprint density at radius 2 is 1.64 bits per heavy atom. The third-order valence-corrected chi connectivity index (χ3v) is 3.37. The molecule has 3 rings (SSSR count). The van der Waals surface area contributed by atoms with Crippen LogP contribution in [0.15, 0.2) is 42.5 Å². The number of hydrogen-bond acceptors (Lipinski definition) is 2. The lowest BCUT2D eigenvalue weighted by molar-refractivity contribution is -0.137. The molecule has 1 aliphatic rings. The van der Waals surface area contributed by atoms with E-state index in [4.69, 9.17) is 0 Å². The number of hydrogen-bond donors (Lipinski definition) is 2. The fraction of sp³-hybridized carbons (Fsp3) is 0.133. The van der Waals surface area contributed by atoms with Crippen LogP contribution in [0.25, 0.3) is 0 Å². The minimum Gasteiger partial charge on any atom is -0.368 e. The minimum absolute atomic E-state index is 0.299. The molecule has 2 aromatic rings. The van der Waals surface area contributed by atoms with Crippen LogP contribution in [0, 0.1) is 5.82 Å². The average Bonchev–Trinajstić information content (AvgIpc) is 2.45. The van der Waals surface area contributed by atoms with Gasteiger partial charge in [-0.3, -0.25) is 4.79 Å². The number of amides is 1. The zero-order chi connectivity index (χ0) is 15.9. The third kappa shape index (κ3) is 2.61. The Bertz CT molecular complexity index is 725. The van der Waals surface area contributed by atoms with Crippen molar-refractivity contribution in [2.45, 2.75) is 12.2 Å². The number of anilines is 2. The van der Waals surface area contributed by atoms with Crippen LogP contribution in [0.4, 0.5) is 28.9 Å². The molecule has 0 radical (unpaired) electrons. The van der Waals surface area contributed by atoms with Crippen molar-refractivity contribution in [2.75, 3.05) is 10.6 Å². The van der Waals surface area contributed by atoms with E-state index in [0.717, 1.165) is 12.1 Å². The highest BCUT2D eigenvalue weighted by atomic mass is 19.4. The second-order valence-corrected chi connectivity index (χ2v) is 4.88. The van der Waals surface area contributed by atoms with Crippen molar-refractivity contribution in [1.29, 1.82) is 0 Å². The molecular formula is C15H10F4N2O. The van der Waals surface area contributed by atoms with Gasteiger partial charge >= 0.3 is 6.18 Å². The van der Waals surface area contributed by atoms with E-state index < -0.39 is 29.5 Å². The van der Waals surface area contributed by atoms with Gasteiger partial charge in [-0.1, -0.05) is 12.1 Å². The fourth-order valence-electron chi connectivity index (χ4n) is 2.27. The van der Waals surface area contributed by atoms with Gasteiger partial charge in [-0.2, -0.15) is 13.2 Å². The van der Waals surface area contributed by atoms with Crippen LogP contribution >= 0.6 is 0 Å². The fourth-order valence-corrected chi connectivity index (χ4v) is 2.27. The highest BCUT2D eigenvalue weighted by Crippen LogP contribution is 2.34. The summed E-state index contributed by atoms with van der Waals surface area (Å²) in [6.07, 6.45) is -4.43. The number of nitrogens with one attached hydrogen (secondary N) is 2. The largest absolute Gasteiger partial charge is 0.416 e. The topological polar surface area (TPSA) is 41.1 Å². The van der Waals surface area contributed by atoms with Gasteiger partial charge in [0.1, 0.15) is 11.9 Å². The van der Waals surface area contributed by atoms with Crippen LogP contribution in [-0.4, -0.2) is 5.91 Å². The smallest absolute Gasteiger partial charge is 0.368 e. The van der Waals surface area contributed by atoms with E-state index in [-0.39, 0.29) is 0 Å². The van der Waals surface area contributed by atoms with Gasteiger partial charge in [0.05, 0.1) is 16.9 Å². The number of carbonyl (C=O) groups is 1.